The molecule has 1 aromatic heterocycles. The van der Waals surface area contributed by atoms with E-state index in [4.69, 9.17) is 4.98 Å². The van der Waals surface area contributed by atoms with Crippen molar-refractivity contribution in [1.82, 2.24) is 4.98 Å². The summed E-state index contributed by atoms with van der Waals surface area (Å²) in [5.41, 5.74) is 5.18. The van der Waals surface area contributed by atoms with Crippen molar-refractivity contribution >= 4 is 32.5 Å². The summed E-state index contributed by atoms with van der Waals surface area (Å²) in [7, 11) is 0. The SMILES string of the molecule is CCNc1c2c(nc3ccc(Br)cc13)CCCCC2. The van der Waals surface area contributed by atoms with Gasteiger partial charge in [-0.05, 0) is 56.4 Å². The maximum atomic E-state index is 4.90. The Morgan fingerprint density at radius 2 is 2.05 bits per heavy atom. The number of hydrogen-bond donors (Lipinski definition) is 1. The molecule has 1 heterocycles. The Morgan fingerprint density at radius 3 is 2.89 bits per heavy atom. The van der Waals surface area contributed by atoms with Crippen molar-refractivity contribution in [1.29, 1.82) is 0 Å². The van der Waals surface area contributed by atoms with E-state index in [-0.39, 0.29) is 0 Å². The third-order valence-electron chi connectivity index (χ3n) is 3.83. The van der Waals surface area contributed by atoms with Crippen molar-refractivity contribution in [2.45, 2.75) is 39.0 Å². The Hall–Kier alpha value is -1.09. The van der Waals surface area contributed by atoms with Crippen LogP contribution in [0.5, 0.6) is 0 Å². The summed E-state index contributed by atoms with van der Waals surface area (Å²) in [5, 5.41) is 4.82. The Morgan fingerprint density at radius 1 is 1.21 bits per heavy atom. The molecule has 3 heteroatoms. The first kappa shape index (κ1) is 12.9. The van der Waals surface area contributed by atoms with Crippen molar-refractivity contribution in [3.8, 4) is 0 Å². The zero-order valence-corrected chi connectivity index (χ0v) is 12.9. The maximum absolute atomic E-state index is 4.90. The molecule has 0 atom stereocenters. The van der Waals surface area contributed by atoms with Gasteiger partial charge >= 0.3 is 0 Å². The van der Waals surface area contributed by atoms with Gasteiger partial charge < -0.3 is 5.32 Å². The van der Waals surface area contributed by atoms with E-state index >= 15 is 0 Å². The molecule has 0 amide bonds. The molecule has 100 valence electrons. The Balaban J connectivity index is 2.27. The molecule has 0 fully saturated rings. The molecular weight excluding hydrogens is 300 g/mol. The van der Waals surface area contributed by atoms with E-state index in [0.29, 0.717) is 0 Å². The fraction of sp³-hybridized carbons (Fsp3) is 0.438. The molecular formula is C16H19BrN2. The van der Waals surface area contributed by atoms with Gasteiger partial charge in [0.2, 0.25) is 0 Å². The Bertz CT molecular complexity index is 607. The van der Waals surface area contributed by atoms with E-state index < -0.39 is 0 Å². The highest BCUT2D eigenvalue weighted by Crippen LogP contribution is 2.33. The number of anilines is 1. The van der Waals surface area contributed by atoms with Crippen molar-refractivity contribution in [2.24, 2.45) is 0 Å². The van der Waals surface area contributed by atoms with Crippen molar-refractivity contribution in [3.63, 3.8) is 0 Å². The summed E-state index contributed by atoms with van der Waals surface area (Å²) in [6.45, 7) is 3.12. The topological polar surface area (TPSA) is 24.9 Å². The van der Waals surface area contributed by atoms with Crippen LogP contribution >= 0.6 is 15.9 Å². The van der Waals surface area contributed by atoms with Gasteiger partial charge in [-0.3, -0.25) is 4.98 Å². The third kappa shape index (κ3) is 2.48. The molecule has 0 unspecified atom stereocenters. The van der Waals surface area contributed by atoms with Gasteiger partial charge in [-0.1, -0.05) is 22.4 Å². The number of fused-ring (bicyclic) bond motifs is 2. The lowest BCUT2D eigenvalue weighted by molar-refractivity contribution is 0.709. The largest absolute Gasteiger partial charge is 0.384 e. The fourth-order valence-corrected chi connectivity index (χ4v) is 3.31. The summed E-state index contributed by atoms with van der Waals surface area (Å²) in [4.78, 5) is 4.90. The van der Waals surface area contributed by atoms with Crippen LogP contribution < -0.4 is 5.32 Å². The Labute approximate surface area is 122 Å². The van der Waals surface area contributed by atoms with Crippen molar-refractivity contribution < 1.29 is 0 Å². The first-order valence-corrected chi connectivity index (χ1v) is 7.93. The number of nitrogens with zero attached hydrogens (tertiary/aromatic N) is 1. The number of pyridine rings is 1. The molecule has 0 radical (unpaired) electrons. The Kier molecular flexibility index (Phi) is 3.74. The average Bonchev–Trinajstić information content (AvgIpc) is 2.64. The first-order chi connectivity index (χ1) is 9.29. The predicted molar refractivity (Wildman–Crippen MR) is 84.9 cm³/mol. The smallest absolute Gasteiger partial charge is 0.0727 e. The zero-order valence-electron chi connectivity index (χ0n) is 11.3. The van der Waals surface area contributed by atoms with Crippen LogP contribution in [0.25, 0.3) is 10.9 Å². The average molecular weight is 319 g/mol. The number of nitrogens with one attached hydrogen (secondary N) is 1. The van der Waals surface area contributed by atoms with E-state index in [2.05, 4.69) is 46.4 Å². The number of aryl methyl sites for hydroxylation is 1. The molecule has 0 saturated heterocycles. The quantitative estimate of drug-likeness (QED) is 0.812. The zero-order chi connectivity index (χ0) is 13.2. The molecule has 0 aliphatic heterocycles. The van der Waals surface area contributed by atoms with Crippen molar-refractivity contribution in [2.75, 3.05) is 11.9 Å². The first-order valence-electron chi connectivity index (χ1n) is 7.14. The second-order valence-electron chi connectivity index (χ2n) is 5.16. The fourth-order valence-electron chi connectivity index (χ4n) is 2.95. The second-order valence-corrected chi connectivity index (χ2v) is 6.08. The summed E-state index contributed by atoms with van der Waals surface area (Å²) >= 11 is 3.57. The van der Waals surface area contributed by atoms with Crippen LogP contribution in [0.4, 0.5) is 5.69 Å². The monoisotopic (exact) mass is 318 g/mol. The van der Waals surface area contributed by atoms with E-state index in [1.54, 1.807) is 0 Å². The minimum atomic E-state index is 0.956. The molecule has 1 aliphatic carbocycles. The number of rotatable bonds is 2. The number of aromatic nitrogens is 1. The van der Waals surface area contributed by atoms with Crippen LogP contribution in [0.3, 0.4) is 0 Å². The molecule has 19 heavy (non-hydrogen) atoms. The second kappa shape index (κ2) is 5.49. The molecule has 3 rings (SSSR count). The lowest BCUT2D eigenvalue weighted by atomic mass is 10.0. The number of benzene rings is 1. The molecule has 1 aliphatic rings. The molecule has 2 nitrogen and oxygen atoms in total. The summed E-state index contributed by atoms with van der Waals surface area (Å²) in [6, 6.07) is 6.38. The highest BCUT2D eigenvalue weighted by atomic mass is 79.9. The van der Waals surface area contributed by atoms with Gasteiger partial charge in [0.05, 0.1) is 5.52 Å². The van der Waals surface area contributed by atoms with Gasteiger partial charge in [0, 0.05) is 27.8 Å². The molecule has 1 aromatic carbocycles. The normalized spacial score (nSPS) is 15.1. The summed E-state index contributed by atoms with van der Waals surface area (Å²) < 4.78 is 1.12. The molecule has 0 bridgehead atoms. The van der Waals surface area contributed by atoms with E-state index in [1.165, 1.54) is 41.6 Å². The van der Waals surface area contributed by atoms with Crippen LogP contribution in [-0.4, -0.2) is 11.5 Å². The number of hydrogen-bond acceptors (Lipinski definition) is 2. The minimum Gasteiger partial charge on any atom is -0.384 e. The lowest BCUT2D eigenvalue weighted by Gasteiger charge is -2.16. The molecule has 0 saturated carbocycles. The van der Waals surface area contributed by atoms with Crippen LogP contribution in [-0.2, 0) is 12.8 Å². The lowest BCUT2D eigenvalue weighted by Crippen LogP contribution is -2.06. The summed E-state index contributed by atoms with van der Waals surface area (Å²) in [5.74, 6) is 0. The van der Waals surface area contributed by atoms with E-state index in [9.17, 15) is 0 Å². The van der Waals surface area contributed by atoms with Crippen LogP contribution in [0.2, 0.25) is 0 Å². The van der Waals surface area contributed by atoms with Crippen LogP contribution in [0, 0.1) is 0 Å². The van der Waals surface area contributed by atoms with Gasteiger partial charge in [0.15, 0.2) is 0 Å². The van der Waals surface area contributed by atoms with Gasteiger partial charge in [-0.2, -0.15) is 0 Å². The van der Waals surface area contributed by atoms with Gasteiger partial charge in [0.25, 0.3) is 0 Å². The maximum Gasteiger partial charge on any atom is 0.0727 e. The summed E-state index contributed by atoms with van der Waals surface area (Å²) in [6.07, 6.45) is 6.16. The standard InChI is InChI=1S/C16H19BrN2/c1-2-18-16-12-6-4-3-5-7-14(12)19-15-9-8-11(17)10-13(15)16/h8-10H,2-7H2,1H3,(H,18,19). The molecule has 2 aromatic rings. The van der Waals surface area contributed by atoms with Gasteiger partial charge in [-0.25, -0.2) is 0 Å². The van der Waals surface area contributed by atoms with Gasteiger partial charge in [-0.15, -0.1) is 0 Å². The molecule has 1 N–H and O–H groups in total. The van der Waals surface area contributed by atoms with Crippen molar-refractivity contribution in [3.05, 3.63) is 33.9 Å². The van der Waals surface area contributed by atoms with Gasteiger partial charge in [0.1, 0.15) is 0 Å². The highest BCUT2D eigenvalue weighted by molar-refractivity contribution is 9.10. The van der Waals surface area contributed by atoms with Crippen LogP contribution in [0.1, 0.15) is 37.4 Å². The van der Waals surface area contributed by atoms with E-state index in [0.717, 1.165) is 29.4 Å². The third-order valence-corrected chi connectivity index (χ3v) is 4.32. The highest BCUT2D eigenvalue weighted by Gasteiger charge is 2.16. The predicted octanol–water partition coefficient (Wildman–Crippen LogP) is 4.70. The number of halogens is 1. The molecule has 0 spiro atoms. The van der Waals surface area contributed by atoms with E-state index in [1.807, 2.05) is 0 Å². The van der Waals surface area contributed by atoms with Crippen LogP contribution in [0.15, 0.2) is 22.7 Å². The minimum absolute atomic E-state index is 0.956.